The van der Waals surface area contributed by atoms with Gasteiger partial charge in [-0.15, -0.1) is 0 Å². The van der Waals surface area contributed by atoms with Crippen molar-refractivity contribution in [2.24, 2.45) is 5.73 Å². The lowest BCUT2D eigenvalue weighted by Crippen LogP contribution is -2.31. The van der Waals surface area contributed by atoms with E-state index in [-0.39, 0.29) is 11.9 Å². The van der Waals surface area contributed by atoms with E-state index >= 15 is 0 Å². The molecule has 3 N–H and O–H groups in total. The van der Waals surface area contributed by atoms with Crippen LogP contribution in [0.5, 0.6) is 11.5 Å². The molecule has 2 rings (SSSR count). The minimum Gasteiger partial charge on any atom is -0.496 e. The fourth-order valence-corrected chi connectivity index (χ4v) is 2.34. The number of ether oxygens (including phenoxy) is 2. The molecular formula is C18H22N2O3. The van der Waals surface area contributed by atoms with Crippen LogP contribution in [0.1, 0.15) is 27.5 Å². The summed E-state index contributed by atoms with van der Waals surface area (Å²) in [4.78, 5) is 12.4. The summed E-state index contributed by atoms with van der Waals surface area (Å²) < 4.78 is 10.6. The molecule has 0 radical (unpaired) electrons. The monoisotopic (exact) mass is 314 g/mol. The molecule has 1 atom stereocenters. The van der Waals surface area contributed by atoms with Crippen molar-refractivity contribution >= 4 is 5.91 Å². The molecule has 2 aromatic rings. The zero-order chi connectivity index (χ0) is 16.8. The van der Waals surface area contributed by atoms with Crippen molar-refractivity contribution in [3.05, 3.63) is 59.2 Å². The van der Waals surface area contributed by atoms with Crippen molar-refractivity contribution in [2.75, 3.05) is 20.8 Å². The van der Waals surface area contributed by atoms with Crippen LogP contribution >= 0.6 is 0 Å². The molecule has 122 valence electrons. The van der Waals surface area contributed by atoms with Gasteiger partial charge in [0.15, 0.2) is 0 Å². The second kappa shape index (κ2) is 7.65. The molecule has 0 fully saturated rings. The molecule has 2 aromatic carbocycles. The molecule has 0 aromatic heterocycles. The Hall–Kier alpha value is -2.53. The van der Waals surface area contributed by atoms with Gasteiger partial charge in [0.1, 0.15) is 11.5 Å². The Bertz CT molecular complexity index is 646. The van der Waals surface area contributed by atoms with Crippen LogP contribution in [0, 0.1) is 6.92 Å². The Balaban J connectivity index is 2.09. The van der Waals surface area contributed by atoms with E-state index in [4.69, 9.17) is 15.2 Å². The number of carbonyl (C=O) groups excluding carboxylic acids is 1. The van der Waals surface area contributed by atoms with Crippen LogP contribution in [0.4, 0.5) is 0 Å². The van der Waals surface area contributed by atoms with Gasteiger partial charge in [0.25, 0.3) is 5.91 Å². The highest BCUT2D eigenvalue weighted by atomic mass is 16.5. The first-order chi connectivity index (χ1) is 11.1. The second-order valence-corrected chi connectivity index (χ2v) is 5.23. The van der Waals surface area contributed by atoms with Crippen molar-refractivity contribution in [3.63, 3.8) is 0 Å². The van der Waals surface area contributed by atoms with Crippen LogP contribution in [-0.2, 0) is 0 Å². The lowest BCUT2D eigenvalue weighted by atomic mass is 10.1. The van der Waals surface area contributed by atoms with Crippen LogP contribution in [0.15, 0.2) is 42.5 Å². The van der Waals surface area contributed by atoms with Crippen LogP contribution in [0.2, 0.25) is 0 Å². The Morgan fingerprint density at radius 1 is 1.13 bits per heavy atom. The third-order valence-corrected chi connectivity index (χ3v) is 3.72. The molecule has 1 amide bonds. The van der Waals surface area contributed by atoms with Crippen molar-refractivity contribution in [1.29, 1.82) is 0 Å². The first-order valence-electron chi connectivity index (χ1n) is 7.38. The molecule has 0 aliphatic heterocycles. The predicted molar refractivity (Wildman–Crippen MR) is 90.0 cm³/mol. The molecule has 0 spiro atoms. The van der Waals surface area contributed by atoms with Gasteiger partial charge < -0.3 is 20.5 Å². The zero-order valence-corrected chi connectivity index (χ0v) is 13.6. The fraction of sp³-hybridized carbons (Fsp3) is 0.278. The first-order valence-corrected chi connectivity index (χ1v) is 7.38. The molecule has 0 aliphatic rings. The maximum atomic E-state index is 12.4. The van der Waals surface area contributed by atoms with E-state index in [1.54, 1.807) is 26.4 Å². The molecule has 1 unspecified atom stereocenters. The van der Waals surface area contributed by atoms with Gasteiger partial charge in [0.05, 0.1) is 14.2 Å². The zero-order valence-electron chi connectivity index (χ0n) is 13.6. The van der Waals surface area contributed by atoms with Crippen LogP contribution in [0.25, 0.3) is 0 Å². The minimum absolute atomic E-state index is 0.215. The van der Waals surface area contributed by atoms with Gasteiger partial charge in [-0.25, -0.2) is 0 Å². The molecule has 5 nitrogen and oxygen atoms in total. The average molecular weight is 314 g/mol. The Morgan fingerprint density at radius 3 is 2.22 bits per heavy atom. The van der Waals surface area contributed by atoms with Crippen molar-refractivity contribution < 1.29 is 14.3 Å². The number of carbonyl (C=O) groups is 1. The summed E-state index contributed by atoms with van der Waals surface area (Å²) in [7, 11) is 3.13. The van der Waals surface area contributed by atoms with Gasteiger partial charge in [-0.05, 0) is 24.6 Å². The number of nitrogens with one attached hydrogen (secondary N) is 1. The summed E-state index contributed by atoms with van der Waals surface area (Å²) in [6.45, 7) is 2.23. The molecule has 0 aliphatic carbocycles. The van der Waals surface area contributed by atoms with Gasteiger partial charge in [-0.1, -0.05) is 30.3 Å². The summed E-state index contributed by atoms with van der Waals surface area (Å²) in [6.07, 6.45) is 0. The summed E-state index contributed by atoms with van der Waals surface area (Å²) in [5.74, 6) is 1.01. The topological polar surface area (TPSA) is 73.6 Å². The van der Waals surface area contributed by atoms with E-state index in [2.05, 4.69) is 5.32 Å². The van der Waals surface area contributed by atoms with E-state index in [0.717, 1.165) is 11.1 Å². The third-order valence-electron chi connectivity index (χ3n) is 3.72. The van der Waals surface area contributed by atoms with Gasteiger partial charge >= 0.3 is 0 Å². The van der Waals surface area contributed by atoms with Gasteiger partial charge in [0.2, 0.25) is 0 Å². The summed E-state index contributed by atoms with van der Waals surface area (Å²) in [5, 5.41) is 2.84. The van der Waals surface area contributed by atoms with E-state index in [1.807, 2.05) is 37.3 Å². The number of amides is 1. The Labute approximate surface area is 136 Å². The number of hydrogen-bond acceptors (Lipinski definition) is 4. The number of rotatable bonds is 6. The fourth-order valence-electron chi connectivity index (χ4n) is 2.34. The van der Waals surface area contributed by atoms with E-state index in [0.29, 0.717) is 23.6 Å². The quantitative estimate of drug-likeness (QED) is 0.859. The van der Waals surface area contributed by atoms with Crippen molar-refractivity contribution in [2.45, 2.75) is 13.0 Å². The molecule has 0 saturated heterocycles. The second-order valence-electron chi connectivity index (χ2n) is 5.23. The summed E-state index contributed by atoms with van der Waals surface area (Å²) in [6, 6.07) is 12.8. The Morgan fingerprint density at radius 2 is 1.70 bits per heavy atom. The highest BCUT2D eigenvalue weighted by Crippen LogP contribution is 2.29. The molecular weight excluding hydrogens is 292 g/mol. The van der Waals surface area contributed by atoms with Gasteiger partial charge in [0, 0.05) is 23.7 Å². The number of benzene rings is 2. The maximum Gasteiger partial charge on any atom is 0.251 e. The standard InChI is InChI=1S/C18H22N2O3/c1-12-16(22-2)9-14(10-17(12)23-3)18(21)20-11-15(19)13-7-5-4-6-8-13/h4-10,15H,11,19H2,1-3H3,(H,20,21). The number of nitrogens with two attached hydrogens (primary N) is 1. The molecule has 5 heteroatoms. The molecule has 0 saturated carbocycles. The van der Waals surface area contributed by atoms with Crippen molar-refractivity contribution in [1.82, 2.24) is 5.32 Å². The molecule has 23 heavy (non-hydrogen) atoms. The van der Waals surface area contributed by atoms with E-state index in [1.165, 1.54) is 0 Å². The molecule has 0 heterocycles. The van der Waals surface area contributed by atoms with E-state index < -0.39 is 0 Å². The normalized spacial score (nSPS) is 11.7. The van der Waals surface area contributed by atoms with E-state index in [9.17, 15) is 4.79 Å². The van der Waals surface area contributed by atoms with Gasteiger partial charge in [-0.2, -0.15) is 0 Å². The number of hydrogen-bond donors (Lipinski definition) is 2. The summed E-state index contributed by atoms with van der Waals surface area (Å²) in [5.41, 5.74) is 8.40. The van der Waals surface area contributed by atoms with Crippen LogP contribution < -0.4 is 20.5 Å². The first kappa shape index (κ1) is 16.8. The minimum atomic E-state index is -0.255. The maximum absolute atomic E-state index is 12.4. The highest BCUT2D eigenvalue weighted by Gasteiger charge is 2.14. The van der Waals surface area contributed by atoms with Crippen LogP contribution in [-0.4, -0.2) is 26.7 Å². The lowest BCUT2D eigenvalue weighted by molar-refractivity contribution is 0.0950. The summed E-state index contributed by atoms with van der Waals surface area (Å²) >= 11 is 0. The largest absolute Gasteiger partial charge is 0.496 e. The van der Waals surface area contributed by atoms with Crippen LogP contribution in [0.3, 0.4) is 0 Å². The Kier molecular flexibility index (Phi) is 5.60. The van der Waals surface area contributed by atoms with Gasteiger partial charge in [-0.3, -0.25) is 4.79 Å². The third kappa shape index (κ3) is 4.02. The SMILES string of the molecule is COc1cc(C(=O)NCC(N)c2ccccc2)cc(OC)c1C. The predicted octanol–water partition coefficient (Wildman–Crippen LogP) is 2.44. The smallest absolute Gasteiger partial charge is 0.251 e. The lowest BCUT2D eigenvalue weighted by Gasteiger charge is -2.15. The number of methoxy groups -OCH3 is 2. The average Bonchev–Trinajstić information content (AvgIpc) is 2.60. The van der Waals surface area contributed by atoms with Crippen molar-refractivity contribution in [3.8, 4) is 11.5 Å². The molecule has 0 bridgehead atoms. The highest BCUT2D eigenvalue weighted by molar-refractivity contribution is 5.95.